The molecule has 1 aliphatic rings. The summed E-state index contributed by atoms with van der Waals surface area (Å²) in [5, 5.41) is 9.57. The van der Waals surface area contributed by atoms with Crippen molar-refractivity contribution in [3.8, 4) is 6.07 Å². The first-order valence-corrected chi connectivity index (χ1v) is 7.58. The van der Waals surface area contributed by atoms with Crippen molar-refractivity contribution in [2.24, 2.45) is 5.92 Å². The molecule has 0 saturated carbocycles. The van der Waals surface area contributed by atoms with Crippen LogP contribution in [0.15, 0.2) is 48.5 Å². The summed E-state index contributed by atoms with van der Waals surface area (Å²) in [6, 6.07) is 16.7. The van der Waals surface area contributed by atoms with Gasteiger partial charge in [-0.25, -0.2) is 0 Å². The van der Waals surface area contributed by atoms with Crippen molar-refractivity contribution in [2.45, 2.75) is 6.42 Å². The second-order valence-electron chi connectivity index (χ2n) is 5.56. The maximum absolute atomic E-state index is 12.3. The molecule has 110 valence electrons. The van der Waals surface area contributed by atoms with Crippen molar-refractivity contribution < 1.29 is 4.79 Å². The summed E-state index contributed by atoms with van der Waals surface area (Å²) in [6.45, 7) is 1.51. The van der Waals surface area contributed by atoms with Crippen LogP contribution in [-0.4, -0.2) is 23.9 Å². The van der Waals surface area contributed by atoms with Gasteiger partial charge >= 0.3 is 0 Å². The molecule has 0 unspecified atom stereocenters. The molecular weight excluding hydrogens is 296 g/mol. The Hall–Kier alpha value is -2.31. The Morgan fingerprint density at radius 2 is 1.86 bits per heavy atom. The van der Waals surface area contributed by atoms with Crippen LogP contribution in [0, 0.1) is 17.2 Å². The van der Waals surface area contributed by atoms with Crippen LogP contribution in [0.2, 0.25) is 5.02 Å². The van der Waals surface area contributed by atoms with Gasteiger partial charge in [0.15, 0.2) is 0 Å². The van der Waals surface area contributed by atoms with E-state index in [2.05, 4.69) is 6.07 Å². The average Bonchev–Trinajstić information content (AvgIpc) is 2.51. The number of halogens is 1. The summed E-state index contributed by atoms with van der Waals surface area (Å²) >= 11 is 6.17. The SMILES string of the molecule is N#Cc1ccc(C(=O)N2CC(Cc3ccccc3Cl)C2)cc1. The Balaban J connectivity index is 1.57. The number of rotatable bonds is 3. The summed E-state index contributed by atoms with van der Waals surface area (Å²) in [6.07, 6.45) is 0.900. The zero-order chi connectivity index (χ0) is 15.5. The number of hydrogen-bond acceptors (Lipinski definition) is 2. The van der Waals surface area contributed by atoms with Crippen LogP contribution >= 0.6 is 11.6 Å². The highest BCUT2D eigenvalue weighted by Gasteiger charge is 2.31. The highest BCUT2D eigenvalue weighted by atomic mass is 35.5. The monoisotopic (exact) mass is 310 g/mol. The molecule has 4 heteroatoms. The third kappa shape index (κ3) is 2.98. The zero-order valence-electron chi connectivity index (χ0n) is 12.0. The summed E-state index contributed by atoms with van der Waals surface area (Å²) in [5.74, 6) is 0.488. The van der Waals surface area contributed by atoms with E-state index in [0.717, 1.165) is 30.1 Å². The molecule has 22 heavy (non-hydrogen) atoms. The van der Waals surface area contributed by atoms with Gasteiger partial charge in [0.05, 0.1) is 11.6 Å². The third-order valence-electron chi connectivity index (χ3n) is 3.97. The number of carbonyl (C=O) groups is 1. The standard InChI is InChI=1S/C18H15ClN2O/c19-17-4-2-1-3-16(17)9-14-11-21(12-14)18(22)15-7-5-13(10-20)6-8-15/h1-8,14H,9,11-12H2. The van der Waals surface area contributed by atoms with Gasteiger partial charge in [0.1, 0.15) is 0 Å². The molecule has 0 radical (unpaired) electrons. The molecule has 1 aliphatic heterocycles. The number of likely N-dealkylation sites (tertiary alicyclic amines) is 1. The molecule has 3 nitrogen and oxygen atoms in total. The molecular formula is C18H15ClN2O. The first-order chi connectivity index (χ1) is 10.7. The lowest BCUT2D eigenvalue weighted by Gasteiger charge is -2.39. The fraction of sp³-hybridized carbons (Fsp3) is 0.222. The molecule has 1 heterocycles. The molecule has 0 N–H and O–H groups in total. The van der Waals surface area contributed by atoms with Gasteiger partial charge < -0.3 is 4.90 Å². The van der Waals surface area contributed by atoms with E-state index in [1.165, 1.54) is 0 Å². The van der Waals surface area contributed by atoms with Gasteiger partial charge in [0, 0.05) is 23.7 Å². The number of carbonyl (C=O) groups excluding carboxylic acids is 1. The van der Waals surface area contributed by atoms with Crippen molar-refractivity contribution >= 4 is 17.5 Å². The van der Waals surface area contributed by atoms with Gasteiger partial charge in [-0.2, -0.15) is 5.26 Å². The Kier molecular flexibility index (Phi) is 4.13. The summed E-state index contributed by atoms with van der Waals surface area (Å²) in [4.78, 5) is 14.1. The van der Waals surface area contributed by atoms with E-state index >= 15 is 0 Å². The molecule has 1 fully saturated rings. The molecule has 2 aromatic carbocycles. The summed E-state index contributed by atoms with van der Waals surface area (Å²) < 4.78 is 0. The Labute approximate surface area is 134 Å². The second-order valence-corrected chi connectivity index (χ2v) is 5.97. The topological polar surface area (TPSA) is 44.1 Å². The van der Waals surface area contributed by atoms with Gasteiger partial charge in [-0.05, 0) is 48.2 Å². The van der Waals surface area contributed by atoms with Gasteiger partial charge in [0.2, 0.25) is 0 Å². The van der Waals surface area contributed by atoms with Crippen LogP contribution in [0.3, 0.4) is 0 Å². The Morgan fingerprint density at radius 1 is 1.18 bits per heavy atom. The van der Waals surface area contributed by atoms with Crippen LogP contribution in [0.1, 0.15) is 21.5 Å². The number of hydrogen-bond donors (Lipinski definition) is 0. The fourth-order valence-electron chi connectivity index (χ4n) is 2.71. The maximum Gasteiger partial charge on any atom is 0.253 e. The summed E-state index contributed by atoms with van der Waals surface area (Å²) in [7, 11) is 0. The minimum absolute atomic E-state index is 0.0277. The van der Waals surface area contributed by atoms with Crippen LogP contribution in [0.25, 0.3) is 0 Å². The molecule has 3 rings (SSSR count). The van der Waals surface area contributed by atoms with Gasteiger partial charge in [-0.3, -0.25) is 4.79 Å². The van der Waals surface area contributed by atoms with E-state index in [9.17, 15) is 4.79 Å². The van der Waals surface area contributed by atoms with Crippen LogP contribution in [-0.2, 0) is 6.42 Å². The van der Waals surface area contributed by atoms with Gasteiger partial charge in [-0.1, -0.05) is 29.8 Å². The fourth-order valence-corrected chi connectivity index (χ4v) is 2.92. The maximum atomic E-state index is 12.3. The smallest absolute Gasteiger partial charge is 0.253 e. The quantitative estimate of drug-likeness (QED) is 0.870. The highest BCUT2D eigenvalue weighted by Crippen LogP contribution is 2.25. The van der Waals surface area contributed by atoms with E-state index in [4.69, 9.17) is 16.9 Å². The highest BCUT2D eigenvalue weighted by molar-refractivity contribution is 6.31. The Bertz CT molecular complexity index is 727. The first kappa shape index (κ1) is 14.6. The number of amides is 1. The molecule has 1 amide bonds. The first-order valence-electron chi connectivity index (χ1n) is 7.20. The molecule has 0 aliphatic carbocycles. The van der Waals surface area contributed by atoms with E-state index in [1.54, 1.807) is 24.3 Å². The average molecular weight is 311 g/mol. The normalized spacial score (nSPS) is 14.3. The lowest BCUT2D eigenvalue weighted by Crippen LogP contribution is -2.50. The lowest BCUT2D eigenvalue weighted by atomic mass is 9.91. The van der Waals surface area contributed by atoms with E-state index in [0.29, 0.717) is 17.0 Å². The number of nitriles is 1. The molecule has 0 aromatic heterocycles. The number of benzene rings is 2. The van der Waals surface area contributed by atoms with Crippen molar-refractivity contribution in [1.29, 1.82) is 5.26 Å². The molecule has 0 bridgehead atoms. The van der Waals surface area contributed by atoms with Crippen molar-refractivity contribution in [3.05, 3.63) is 70.2 Å². The van der Waals surface area contributed by atoms with Gasteiger partial charge in [-0.15, -0.1) is 0 Å². The van der Waals surface area contributed by atoms with Crippen LogP contribution in [0.5, 0.6) is 0 Å². The molecule has 0 spiro atoms. The van der Waals surface area contributed by atoms with Crippen molar-refractivity contribution in [1.82, 2.24) is 4.90 Å². The zero-order valence-corrected chi connectivity index (χ0v) is 12.8. The van der Waals surface area contributed by atoms with Crippen molar-refractivity contribution in [2.75, 3.05) is 13.1 Å². The molecule has 1 saturated heterocycles. The minimum Gasteiger partial charge on any atom is -0.338 e. The molecule has 0 atom stereocenters. The van der Waals surface area contributed by atoms with Crippen molar-refractivity contribution in [3.63, 3.8) is 0 Å². The van der Waals surface area contributed by atoms with Gasteiger partial charge in [0.25, 0.3) is 5.91 Å². The van der Waals surface area contributed by atoms with Crippen LogP contribution < -0.4 is 0 Å². The number of nitrogens with zero attached hydrogens (tertiary/aromatic N) is 2. The second kappa shape index (κ2) is 6.21. The molecule has 2 aromatic rings. The third-order valence-corrected chi connectivity index (χ3v) is 4.34. The predicted octanol–water partition coefficient (Wildman–Crippen LogP) is 3.53. The lowest BCUT2D eigenvalue weighted by molar-refractivity contribution is 0.0501. The van der Waals surface area contributed by atoms with E-state index in [1.807, 2.05) is 29.2 Å². The van der Waals surface area contributed by atoms with Crippen LogP contribution in [0.4, 0.5) is 0 Å². The van der Waals surface area contributed by atoms with E-state index in [-0.39, 0.29) is 5.91 Å². The predicted molar refractivity (Wildman–Crippen MR) is 85.7 cm³/mol. The largest absolute Gasteiger partial charge is 0.338 e. The summed E-state index contributed by atoms with van der Waals surface area (Å²) in [5.41, 5.74) is 2.34. The van der Waals surface area contributed by atoms with E-state index < -0.39 is 0 Å². The Morgan fingerprint density at radius 3 is 2.50 bits per heavy atom. The minimum atomic E-state index is 0.0277.